The average molecular weight is 343 g/mol. The summed E-state index contributed by atoms with van der Waals surface area (Å²) >= 11 is 2.59. The van der Waals surface area contributed by atoms with Crippen LogP contribution in [0.2, 0.25) is 0 Å². The van der Waals surface area contributed by atoms with Crippen molar-refractivity contribution in [2.75, 3.05) is 17.6 Å². The van der Waals surface area contributed by atoms with Crippen LogP contribution < -0.4 is 5.32 Å². The van der Waals surface area contributed by atoms with Gasteiger partial charge in [0, 0.05) is 12.1 Å². The summed E-state index contributed by atoms with van der Waals surface area (Å²) in [7, 11) is 0. The predicted octanol–water partition coefficient (Wildman–Crippen LogP) is 3.86. The molecule has 2 rings (SSSR count). The number of hydrogen-bond donors (Lipinski definition) is 1. The van der Waals surface area contributed by atoms with Crippen LogP contribution in [0, 0.1) is 17.6 Å². The summed E-state index contributed by atoms with van der Waals surface area (Å²) in [5, 5.41) is 11.8. The standard InChI is InChI=1S/C14H15F2N3OS2/c1-8(2)6-17-13-18-19-14(22-13)21-7-12(20)9-3-4-10(15)11(16)5-9/h3-5,8H,6-7H2,1-2H3,(H,17,18). The second-order valence-electron chi connectivity index (χ2n) is 4.99. The van der Waals surface area contributed by atoms with Gasteiger partial charge in [0.15, 0.2) is 21.8 Å². The van der Waals surface area contributed by atoms with Crippen molar-refractivity contribution in [2.45, 2.75) is 18.2 Å². The Bertz CT molecular complexity index is 661. The molecule has 1 aromatic carbocycles. The number of benzene rings is 1. The van der Waals surface area contributed by atoms with Crippen LogP contribution in [0.1, 0.15) is 24.2 Å². The summed E-state index contributed by atoms with van der Waals surface area (Å²) in [5.74, 6) is -1.67. The molecule has 8 heteroatoms. The van der Waals surface area contributed by atoms with E-state index in [0.717, 1.165) is 18.7 Å². The molecule has 22 heavy (non-hydrogen) atoms. The van der Waals surface area contributed by atoms with E-state index in [0.29, 0.717) is 15.4 Å². The van der Waals surface area contributed by atoms with Gasteiger partial charge in [0.1, 0.15) is 0 Å². The summed E-state index contributed by atoms with van der Waals surface area (Å²) in [5.41, 5.74) is 0.147. The molecule has 1 aromatic heterocycles. The van der Waals surface area contributed by atoms with Gasteiger partial charge in [0.05, 0.1) is 5.75 Å². The van der Waals surface area contributed by atoms with Crippen molar-refractivity contribution >= 4 is 34.0 Å². The number of hydrogen-bond acceptors (Lipinski definition) is 6. The van der Waals surface area contributed by atoms with Crippen LogP contribution in [0.3, 0.4) is 0 Å². The molecule has 0 atom stereocenters. The Morgan fingerprint density at radius 2 is 2.09 bits per heavy atom. The maximum Gasteiger partial charge on any atom is 0.206 e. The molecule has 0 fully saturated rings. The summed E-state index contributed by atoms with van der Waals surface area (Å²) in [4.78, 5) is 11.9. The number of ketones is 1. The highest BCUT2D eigenvalue weighted by atomic mass is 32.2. The van der Waals surface area contributed by atoms with Gasteiger partial charge < -0.3 is 5.32 Å². The van der Waals surface area contributed by atoms with Crippen molar-refractivity contribution in [1.82, 2.24) is 10.2 Å². The highest BCUT2D eigenvalue weighted by Crippen LogP contribution is 2.26. The fourth-order valence-corrected chi connectivity index (χ4v) is 3.16. The van der Waals surface area contributed by atoms with Gasteiger partial charge >= 0.3 is 0 Å². The quantitative estimate of drug-likeness (QED) is 0.611. The number of carbonyl (C=O) groups is 1. The molecule has 0 unspecified atom stereocenters. The van der Waals surface area contributed by atoms with Crippen molar-refractivity contribution in [1.29, 1.82) is 0 Å². The van der Waals surface area contributed by atoms with Crippen molar-refractivity contribution in [3.63, 3.8) is 0 Å². The van der Waals surface area contributed by atoms with Gasteiger partial charge in [-0.3, -0.25) is 4.79 Å². The lowest BCUT2D eigenvalue weighted by Gasteiger charge is -2.03. The van der Waals surface area contributed by atoms with E-state index in [1.54, 1.807) is 0 Å². The first kappa shape index (κ1) is 16.8. The monoisotopic (exact) mass is 343 g/mol. The van der Waals surface area contributed by atoms with Gasteiger partial charge in [0.25, 0.3) is 0 Å². The lowest BCUT2D eigenvalue weighted by Crippen LogP contribution is -2.07. The lowest BCUT2D eigenvalue weighted by molar-refractivity contribution is 0.102. The normalized spacial score (nSPS) is 11.0. The summed E-state index contributed by atoms with van der Waals surface area (Å²) in [6.07, 6.45) is 0. The van der Waals surface area contributed by atoms with Gasteiger partial charge in [-0.1, -0.05) is 36.9 Å². The Labute approximate surface area is 135 Å². The number of halogens is 2. The summed E-state index contributed by atoms with van der Waals surface area (Å²) in [6, 6.07) is 3.14. The van der Waals surface area contributed by atoms with Crippen LogP contribution >= 0.6 is 23.1 Å². The van der Waals surface area contributed by atoms with Gasteiger partial charge in [-0.2, -0.15) is 0 Å². The molecule has 0 aliphatic heterocycles. The largest absolute Gasteiger partial charge is 0.360 e. The molecule has 4 nitrogen and oxygen atoms in total. The van der Waals surface area contributed by atoms with E-state index in [-0.39, 0.29) is 17.1 Å². The molecule has 0 radical (unpaired) electrons. The Morgan fingerprint density at radius 1 is 1.32 bits per heavy atom. The molecule has 0 aliphatic carbocycles. The number of aromatic nitrogens is 2. The van der Waals surface area contributed by atoms with Crippen molar-refractivity contribution in [3.8, 4) is 0 Å². The summed E-state index contributed by atoms with van der Waals surface area (Å²) < 4.78 is 26.6. The van der Waals surface area contributed by atoms with Crippen molar-refractivity contribution in [3.05, 3.63) is 35.4 Å². The molecule has 0 spiro atoms. The second kappa shape index (κ2) is 7.64. The first-order valence-corrected chi connectivity index (χ1v) is 8.44. The van der Waals surface area contributed by atoms with Crippen LogP contribution in [-0.2, 0) is 0 Å². The Hall–Kier alpha value is -1.54. The number of carbonyl (C=O) groups excluding carboxylic acids is 1. The van der Waals surface area contributed by atoms with Crippen LogP contribution in [-0.4, -0.2) is 28.3 Å². The molecule has 1 heterocycles. The first-order chi connectivity index (χ1) is 10.5. The molecular formula is C14H15F2N3OS2. The zero-order valence-corrected chi connectivity index (χ0v) is 13.7. The molecule has 0 aliphatic rings. The number of thioether (sulfide) groups is 1. The fraction of sp³-hybridized carbons (Fsp3) is 0.357. The van der Waals surface area contributed by atoms with Gasteiger partial charge in [0.2, 0.25) is 5.13 Å². The lowest BCUT2D eigenvalue weighted by atomic mass is 10.1. The highest BCUT2D eigenvalue weighted by molar-refractivity contribution is 8.01. The highest BCUT2D eigenvalue weighted by Gasteiger charge is 2.12. The topological polar surface area (TPSA) is 54.9 Å². The van der Waals surface area contributed by atoms with E-state index < -0.39 is 11.6 Å². The smallest absolute Gasteiger partial charge is 0.206 e. The van der Waals surface area contributed by atoms with Crippen molar-refractivity contribution < 1.29 is 13.6 Å². The number of nitrogens with one attached hydrogen (secondary N) is 1. The maximum atomic E-state index is 13.1. The van der Waals surface area contributed by atoms with E-state index >= 15 is 0 Å². The van der Waals surface area contributed by atoms with Crippen molar-refractivity contribution in [2.24, 2.45) is 5.92 Å². The van der Waals surface area contributed by atoms with Gasteiger partial charge in [-0.15, -0.1) is 10.2 Å². The number of nitrogens with zero attached hydrogens (tertiary/aromatic N) is 2. The third-order valence-corrected chi connectivity index (χ3v) is 4.65. The van der Waals surface area contributed by atoms with E-state index in [4.69, 9.17) is 0 Å². The Balaban J connectivity index is 1.89. The average Bonchev–Trinajstić information content (AvgIpc) is 2.93. The van der Waals surface area contributed by atoms with E-state index in [9.17, 15) is 13.6 Å². The van der Waals surface area contributed by atoms with Gasteiger partial charge in [-0.05, 0) is 24.1 Å². The van der Waals surface area contributed by atoms with Crippen LogP contribution in [0.4, 0.5) is 13.9 Å². The van der Waals surface area contributed by atoms with E-state index in [2.05, 4.69) is 29.4 Å². The van der Waals surface area contributed by atoms with E-state index in [1.807, 2.05) is 0 Å². The molecule has 2 aromatic rings. The minimum Gasteiger partial charge on any atom is -0.360 e. The van der Waals surface area contributed by atoms with Crippen LogP contribution in [0.25, 0.3) is 0 Å². The SMILES string of the molecule is CC(C)CNc1nnc(SCC(=O)c2ccc(F)c(F)c2)s1. The number of anilines is 1. The zero-order chi connectivity index (χ0) is 16.1. The van der Waals surface area contributed by atoms with Crippen LogP contribution in [0.5, 0.6) is 0 Å². The minimum absolute atomic E-state index is 0.101. The molecule has 0 amide bonds. The first-order valence-electron chi connectivity index (χ1n) is 6.64. The van der Waals surface area contributed by atoms with Crippen LogP contribution in [0.15, 0.2) is 22.5 Å². The minimum atomic E-state index is -1.02. The molecule has 0 saturated heterocycles. The maximum absolute atomic E-state index is 13.1. The second-order valence-corrected chi connectivity index (χ2v) is 7.19. The Morgan fingerprint density at radius 3 is 2.77 bits per heavy atom. The summed E-state index contributed by atoms with van der Waals surface area (Å²) in [6.45, 7) is 4.97. The molecular weight excluding hydrogens is 328 g/mol. The van der Waals surface area contributed by atoms with Gasteiger partial charge in [-0.25, -0.2) is 8.78 Å². The molecule has 0 bridgehead atoms. The third-order valence-electron chi connectivity index (χ3n) is 2.64. The number of Topliss-reactive ketones (excluding diaryl/α,β-unsaturated/α-hetero) is 1. The molecule has 1 N–H and O–H groups in total. The zero-order valence-electron chi connectivity index (χ0n) is 12.1. The Kier molecular flexibility index (Phi) is 5.84. The predicted molar refractivity (Wildman–Crippen MR) is 84.6 cm³/mol. The molecule has 0 saturated carbocycles. The third kappa shape index (κ3) is 4.74. The molecule has 118 valence electrons. The fourth-order valence-electron chi connectivity index (χ4n) is 1.51. The number of rotatable bonds is 7. The van der Waals surface area contributed by atoms with E-state index in [1.165, 1.54) is 29.2 Å².